The first-order valence-electron chi connectivity index (χ1n) is 7.00. The Labute approximate surface area is 114 Å². The van der Waals surface area contributed by atoms with Gasteiger partial charge in [0.05, 0.1) is 0 Å². The number of rotatable bonds is 6. The summed E-state index contributed by atoms with van der Waals surface area (Å²) in [7, 11) is 0. The highest BCUT2D eigenvalue weighted by Crippen LogP contribution is 2.21. The highest BCUT2D eigenvalue weighted by Gasteiger charge is 2.14. The SMILES string of the molecule is CCOCc1nc(NN)cc(NC2CCCCC2)n1. The zero-order chi connectivity index (χ0) is 13.5. The summed E-state index contributed by atoms with van der Waals surface area (Å²) >= 11 is 0. The lowest BCUT2D eigenvalue weighted by Gasteiger charge is -2.23. The normalized spacial score (nSPS) is 16.3. The number of hydrogen-bond acceptors (Lipinski definition) is 6. The summed E-state index contributed by atoms with van der Waals surface area (Å²) in [5.41, 5.74) is 2.57. The monoisotopic (exact) mass is 265 g/mol. The molecule has 6 heteroatoms. The summed E-state index contributed by atoms with van der Waals surface area (Å²) in [5.74, 6) is 7.53. The molecule has 106 valence electrons. The molecular weight excluding hydrogens is 242 g/mol. The van der Waals surface area contributed by atoms with E-state index in [2.05, 4.69) is 20.7 Å². The van der Waals surface area contributed by atoms with Crippen LogP contribution < -0.4 is 16.6 Å². The molecule has 0 aliphatic heterocycles. The van der Waals surface area contributed by atoms with Gasteiger partial charge in [0.15, 0.2) is 5.82 Å². The molecule has 1 aliphatic carbocycles. The molecule has 1 aromatic heterocycles. The van der Waals surface area contributed by atoms with Crippen molar-refractivity contribution in [3.8, 4) is 0 Å². The van der Waals surface area contributed by atoms with E-state index in [9.17, 15) is 0 Å². The minimum atomic E-state index is 0.408. The summed E-state index contributed by atoms with van der Waals surface area (Å²) in [5, 5.41) is 3.47. The molecule has 2 rings (SSSR count). The topological polar surface area (TPSA) is 85.1 Å². The van der Waals surface area contributed by atoms with E-state index < -0.39 is 0 Å². The van der Waals surface area contributed by atoms with Crippen LogP contribution in [0, 0.1) is 0 Å². The van der Waals surface area contributed by atoms with Gasteiger partial charge in [-0.25, -0.2) is 15.8 Å². The Morgan fingerprint density at radius 2 is 2.00 bits per heavy atom. The number of nitrogens with two attached hydrogens (primary N) is 1. The van der Waals surface area contributed by atoms with Crippen LogP contribution in [0.5, 0.6) is 0 Å². The van der Waals surface area contributed by atoms with Crippen LogP contribution in [-0.4, -0.2) is 22.6 Å². The molecule has 0 spiro atoms. The van der Waals surface area contributed by atoms with Crippen LogP contribution in [0.2, 0.25) is 0 Å². The molecule has 1 aliphatic rings. The number of anilines is 2. The average molecular weight is 265 g/mol. The van der Waals surface area contributed by atoms with E-state index >= 15 is 0 Å². The molecule has 0 unspecified atom stereocenters. The van der Waals surface area contributed by atoms with Crippen LogP contribution in [-0.2, 0) is 11.3 Å². The van der Waals surface area contributed by atoms with Crippen molar-refractivity contribution in [1.82, 2.24) is 9.97 Å². The third-order valence-corrected chi connectivity index (χ3v) is 3.31. The Bertz CT molecular complexity index is 393. The van der Waals surface area contributed by atoms with E-state index in [1.165, 1.54) is 32.1 Å². The van der Waals surface area contributed by atoms with Crippen molar-refractivity contribution in [3.63, 3.8) is 0 Å². The van der Waals surface area contributed by atoms with Crippen molar-refractivity contribution in [2.75, 3.05) is 17.3 Å². The van der Waals surface area contributed by atoms with Gasteiger partial charge in [0.2, 0.25) is 0 Å². The third-order valence-electron chi connectivity index (χ3n) is 3.31. The van der Waals surface area contributed by atoms with Crippen molar-refractivity contribution in [1.29, 1.82) is 0 Å². The van der Waals surface area contributed by atoms with Crippen molar-refractivity contribution < 1.29 is 4.74 Å². The zero-order valence-electron chi connectivity index (χ0n) is 11.5. The first-order valence-corrected chi connectivity index (χ1v) is 7.00. The predicted molar refractivity (Wildman–Crippen MR) is 75.7 cm³/mol. The Morgan fingerprint density at radius 1 is 1.26 bits per heavy atom. The van der Waals surface area contributed by atoms with Crippen LogP contribution in [0.25, 0.3) is 0 Å². The standard InChI is InChI=1S/C13H23N5O/c1-2-19-9-13-16-11(8-12(17-13)18-14)15-10-6-4-3-5-7-10/h8,10H,2-7,9,14H2,1H3,(H2,15,16,17,18). The fourth-order valence-electron chi connectivity index (χ4n) is 2.36. The first kappa shape index (κ1) is 14.0. The van der Waals surface area contributed by atoms with Gasteiger partial charge in [0.25, 0.3) is 0 Å². The van der Waals surface area contributed by atoms with Crippen LogP contribution in [0.15, 0.2) is 6.07 Å². The van der Waals surface area contributed by atoms with Crippen LogP contribution >= 0.6 is 0 Å². The fraction of sp³-hybridized carbons (Fsp3) is 0.692. The second kappa shape index (κ2) is 7.25. The highest BCUT2D eigenvalue weighted by molar-refractivity contribution is 5.47. The van der Waals surface area contributed by atoms with E-state index in [0.717, 1.165) is 5.82 Å². The van der Waals surface area contributed by atoms with Crippen LogP contribution in [0.1, 0.15) is 44.9 Å². The second-order valence-corrected chi connectivity index (χ2v) is 4.82. The molecule has 1 aromatic rings. The van der Waals surface area contributed by atoms with Crippen LogP contribution in [0.4, 0.5) is 11.6 Å². The average Bonchev–Trinajstić information content (AvgIpc) is 2.46. The molecule has 0 radical (unpaired) electrons. The molecule has 1 fully saturated rings. The number of aromatic nitrogens is 2. The van der Waals surface area contributed by atoms with Crippen molar-refractivity contribution >= 4 is 11.6 Å². The van der Waals surface area contributed by atoms with Gasteiger partial charge in [0, 0.05) is 18.7 Å². The summed E-state index contributed by atoms with van der Waals surface area (Å²) < 4.78 is 5.34. The van der Waals surface area contributed by atoms with Crippen molar-refractivity contribution in [2.45, 2.75) is 51.7 Å². The fourth-order valence-corrected chi connectivity index (χ4v) is 2.36. The Hall–Kier alpha value is -1.40. The van der Waals surface area contributed by atoms with Gasteiger partial charge in [-0.2, -0.15) is 0 Å². The molecule has 0 bridgehead atoms. The van der Waals surface area contributed by atoms with Gasteiger partial charge >= 0.3 is 0 Å². The van der Waals surface area contributed by atoms with E-state index in [1.807, 2.05) is 13.0 Å². The maximum Gasteiger partial charge on any atom is 0.158 e. The minimum Gasteiger partial charge on any atom is -0.374 e. The first-order chi connectivity index (χ1) is 9.31. The number of hydrazine groups is 1. The quantitative estimate of drug-likeness (QED) is 0.539. The molecule has 6 nitrogen and oxygen atoms in total. The third kappa shape index (κ3) is 4.33. The predicted octanol–water partition coefficient (Wildman–Crippen LogP) is 2.04. The molecule has 0 aromatic carbocycles. The Kier molecular flexibility index (Phi) is 5.35. The maximum atomic E-state index is 5.44. The zero-order valence-corrected chi connectivity index (χ0v) is 11.5. The maximum absolute atomic E-state index is 5.44. The lowest BCUT2D eigenvalue weighted by Crippen LogP contribution is -2.23. The highest BCUT2D eigenvalue weighted by atomic mass is 16.5. The summed E-state index contributed by atoms with van der Waals surface area (Å²) in [4.78, 5) is 8.74. The van der Waals surface area contributed by atoms with Gasteiger partial charge in [-0.05, 0) is 19.8 Å². The number of nitrogens with zero attached hydrogens (tertiary/aromatic N) is 2. The van der Waals surface area contributed by atoms with Crippen LogP contribution in [0.3, 0.4) is 0 Å². The summed E-state index contributed by atoms with van der Waals surface area (Å²) in [6.07, 6.45) is 6.33. The molecule has 1 saturated carbocycles. The number of nitrogens with one attached hydrogen (secondary N) is 2. The molecule has 0 atom stereocenters. The lowest BCUT2D eigenvalue weighted by atomic mass is 9.95. The molecule has 0 saturated heterocycles. The Balaban J connectivity index is 2.04. The van der Waals surface area contributed by atoms with E-state index in [0.29, 0.717) is 30.9 Å². The van der Waals surface area contributed by atoms with Crippen molar-refractivity contribution in [2.24, 2.45) is 5.84 Å². The van der Waals surface area contributed by atoms with Gasteiger partial charge in [0.1, 0.15) is 18.2 Å². The molecule has 4 N–H and O–H groups in total. The molecule has 1 heterocycles. The smallest absolute Gasteiger partial charge is 0.158 e. The van der Waals surface area contributed by atoms with Crippen molar-refractivity contribution in [3.05, 3.63) is 11.9 Å². The van der Waals surface area contributed by atoms with E-state index in [4.69, 9.17) is 10.6 Å². The van der Waals surface area contributed by atoms with Gasteiger partial charge in [-0.15, -0.1) is 0 Å². The van der Waals surface area contributed by atoms with Gasteiger partial charge in [-0.1, -0.05) is 19.3 Å². The van der Waals surface area contributed by atoms with E-state index in [-0.39, 0.29) is 0 Å². The minimum absolute atomic E-state index is 0.408. The van der Waals surface area contributed by atoms with Gasteiger partial charge < -0.3 is 15.5 Å². The van der Waals surface area contributed by atoms with E-state index in [1.54, 1.807) is 0 Å². The summed E-state index contributed by atoms with van der Waals surface area (Å²) in [6, 6.07) is 2.35. The number of ether oxygens (including phenoxy) is 1. The Morgan fingerprint density at radius 3 is 2.68 bits per heavy atom. The number of nitrogen functional groups attached to an aromatic ring is 1. The largest absolute Gasteiger partial charge is 0.374 e. The number of hydrogen-bond donors (Lipinski definition) is 3. The molecule has 19 heavy (non-hydrogen) atoms. The second-order valence-electron chi connectivity index (χ2n) is 4.82. The van der Waals surface area contributed by atoms with Gasteiger partial charge in [-0.3, -0.25) is 0 Å². The lowest BCUT2D eigenvalue weighted by molar-refractivity contribution is 0.128. The molecule has 0 amide bonds. The molecular formula is C13H23N5O. The summed E-state index contributed by atoms with van der Waals surface area (Å²) in [6.45, 7) is 3.01.